The molecule has 0 aliphatic heterocycles. The van der Waals surface area contributed by atoms with E-state index in [4.69, 9.17) is 4.74 Å². The lowest BCUT2D eigenvalue weighted by Gasteiger charge is -2.14. The van der Waals surface area contributed by atoms with Crippen LogP contribution in [0.4, 0.5) is 0 Å². The van der Waals surface area contributed by atoms with Crippen molar-refractivity contribution in [1.82, 2.24) is 10.6 Å². The summed E-state index contributed by atoms with van der Waals surface area (Å²) < 4.78 is 5.78. The number of hydrogen-bond donors (Lipinski definition) is 2. The van der Waals surface area contributed by atoms with Gasteiger partial charge in [-0.05, 0) is 32.4 Å². The molecule has 0 fully saturated rings. The molecule has 1 atom stereocenters. The summed E-state index contributed by atoms with van der Waals surface area (Å²) in [6, 6.07) is 9.84. The maximum absolute atomic E-state index is 5.78. The molecule has 0 aromatic heterocycles. The van der Waals surface area contributed by atoms with Crippen LogP contribution >= 0.6 is 24.0 Å². The van der Waals surface area contributed by atoms with Gasteiger partial charge in [-0.1, -0.05) is 25.1 Å². The first-order chi connectivity index (χ1) is 9.26. The third-order valence-electron chi connectivity index (χ3n) is 2.47. The van der Waals surface area contributed by atoms with Gasteiger partial charge in [0.1, 0.15) is 11.9 Å². The summed E-state index contributed by atoms with van der Waals surface area (Å²) >= 11 is 0. The van der Waals surface area contributed by atoms with Crippen LogP contribution in [0.5, 0.6) is 5.75 Å². The van der Waals surface area contributed by atoms with Crippen LogP contribution in [0.1, 0.15) is 27.2 Å². The summed E-state index contributed by atoms with van der Waals surface area (Å²) in [5.41, 5.74) is 0. The Morgan fingerprint density at radius 2 is 1.90 bits per heavy atom. The third kappa shape index (κ3) is 8.24. The maximum Gasteiger partial charge on any atom is 0.191 e. The molecular formula is C15H26IN3O. The highest BCUT2D eigenvalue weighted by Crippen LogP contribution is 2.10. The fourth-order valence-electron chi connectivity index (χ4n) is 1.57. The van der Waals surface area contributed by atoms with Crippen molar-refractivity contribution in [3.05, 3.63) is 30.3 Å². The lowest BCUT2D eigenvalue weighted by Crippen LogP contribution is -2.38. The van der Waals surface area contributed by atoms with E-state index < -0.39 is 0 Å². The summed E-state index contributed by atoms with van der Waals surface area (Å²) in [6.07, 6.45) is 1.14. The van der Waals surface area contributed by atoms with Crippen LogP contribution in [0.3, 0.4) is 0 Å². The molecule has 0 spiro atoms. The number of para-hydroxylation sites is 1. The third-order valence-corrected chi connectivity index (χ3v) is 2.47. The van der Waals surface area contributed by atoms with Crippen LogP contribution in [0.2, 0.25) is 0 Å². The molecule has 0 amide bonds. The maximum atomic E-state index is 5.78. The second kappa shape index (κ2) is 11.8. The van der Waals surface area contributed by atoms with Gasteiger partial charge in [-0.2, -0.15) is 0 Å². The van der Waals surface area contributed by atoms with Gasteiger partial charge in [0.05, 0.1) is 6.54 Å². The number of ether oxygens (including phenoxy) is 1. The van der Waals surface area contributed by atoms with E-state index in [0.29, 0.717) is 6.54 Å². The van der Waals surface area contributed by atoms with Crippen LogP contribution < -0.4 is 15.4 Å². The van der Waals surface area contributed by atoms with Crippen molar-refractivity contribution >= 4 is 29.9 Å². The summed E-state index contributed by atoms with van der Waals surface area (Å²) in [7, 11) is 0. The van der Waals surface area contributed by atoms with Crippen molar-refractivity contribution in [2.45, 2.75) is 33.3 Å². The van der Waals surface area contributed by atoms with Crippen molar-refractivity contribution in [1.29, 1.82) is 0 Å². The quantitative estimate of drug-likeness (QED) is 0.427. The van der Waals surface area contributed by atoms with Gasteiger partial charge in [-0.15, -0.1) is 24.0 Å². The minimum atomic E-state index is 0. The average molecular weight is 391 g/mol. The zero-order chi connectivity index (χ0) is 13.9. The Labute approximate surface area is 139 Å². The molecule has 0 radical (unpaired) electrons. The van der Waals surface area contributed by atoms with Gasteiger partial charge in [0.15, 0.2) is 5.96 Å². The standard InChI is InChI=1S/C15H25N3O.HI/c1-4-11-17-15(16-5-2)18-12-13(3)19-14-9-7-6-8-10-14;/h6-10,13H,4-5,11-12H2,1-3H3,(H2,16,17,18);1H. The van der Waals surface area contributed by atoms with Gasteiger partial charge >= 0.3 is 0 Å². The molecule has 0 heterocycles. The molecule has 0 aliphatic carbocycles. The largest absolute Gasteiger partial charge is 0.489 e. The van der Waals surface area contributed by atoms with E-state index >= 15 is 0 Å². The normalized spacial score (nSPS) is 12.2. The Bertz CT molecular complexity index is 371. The van der Waals surface area contributed by atoms with Crippen LogP contribution in [0, 0.1) is 0 Å². The van der Waals surface area contributed by atoms with Gasteiger partial charge in [0, 0.05) is 13.1 Å². The monoisotopic (exact) mass is 391 g/mol. The van der Waals surface area contributed by atoms with Gasteiger partial charge in [0.2, 0.25) is 0 Å². The van der Waals surface area contributed by atoms with Crippen molar-refractivity contribution in [3.63, 3.8) is 0 Å². The lowest BCUT2D eigenvalue weighted by molar-refractivity contribution is 0.230. The van der Waals surface area contributed by atoms with Crippen LogP contribution in [-0.2, 0) is 0 Å². The molecule has 114 valence electrons. The summed E-state index contributed by atoms with van der Waals surface area (Å²) in [4.78, 5) is 4.52. The lowest BCUT2D eigenvalue weighted by atomic mass is 10.3. The summed E-state index contributed by atoms with van der Waals surface area (Å²) in [5, 5.41) is 6.49. The molecule has 1 aromatic rings. The smallest absolute Gasteiger partial charge is 0.191 e. The molecule has 0 saturated heterocycles. The number of guanidine groups is 1. The second-order valence-corrected chi connectivity index (χ2v) is 4.39. The molecule has 5 heteroatoms. The van der Waals surface area contributed by atoms with E-state index in [9.17, 15) is 0 Å². The number of benzene rings is 1. The van der Waals surface area contributed by atoms with Crippen molar-refractivity contribution < 1.29 is 4.74 Å². The Morgan fingerprint density at radius 1 is 1.20 bits per heavy atom. The molecule has 20 heavy (non-hydrogen) atoms. The fourth-order valence-corrected chi connectivity index (χ4v) is 1.57. The van der Waals surface area contributed by atoms with Gasteiger partial charge in [-0.25, -0.2) is 4.99 Å². The zero-order valence-corrected chi connectivity index (χ0v) is 14.9. The number of nitrogens with zero attached hydrogens (tertiary/aromatic N) is 1. The molecule has 0 bridgehead atoms. The summed E-state index contributed by atoms with van der Waals surface area (Å²) in [5.74, 6) is 1.74. The highest BCUT2D eigenvalue weighted by molar-refractivity contribution is 14.0. The highest BCUT2D eigenvalue weighted by atomic mass is 127. The SMILES string of the molecule is CCCNC(=NCC(C)Oc1ccccc1)NCC.I. The first kappa shape index (κ1) is 19.0. The number of halogens is 1. The van der Waals surface area contributed by atoms with E-state index in [1.807, 2.05) is 37.3 Å². The topological polar surface area (TPSA) is 45.7 Å². The van der Waals surface area contributed by atoms with E-state index in [2.05, 4.69) is 29.5 Å². The first-order valence-corrected chi connectivity index (χ1v) is 7.00. The predicted molar refractivity (Wildman–Crippen MR) is 96.2 cm³/mol. The van der Waals surface area contributed by atoms with Crippen molar-refractivity contribution in [3.8, 4) is 5.75 Å². The molecule has 0 aliphatic rings. The fraction of sp³-hybridized carbons (Fsp3) is 0.533. The number of rotatable bonds is 7. The molecule has 0 saturated carbocycles. The Morgan fingerprint density at radius 3 is 2.50 bits per heavy atom. The summed E-state index contributed by atoms with van der Waals surface area (Å²) in [6.45, 7) is 8.65. The second-order valence-electron chi connectivity index (χ2n) is 4.39. The van der Waals surface area contributed by atoms with Crippen LogP contribution in [0.25, 0.3) is 0 Å². The van der Waals surface area contributed by atoms with Gasteiger partial charge in [-0.3, -0.25) is 0 Å². The predicted octanol–water partition coefficient (Wildman–Crippen LogP) is 3.04. The number of nitrogens with one attached hydrogen (secondary N) is 2. The van der Waals surface area contributed by atoms with Crippen molar-refractivity contribution in [2.24, 2.45) is 4.99 Å². The highest BCUT2D eigenvalue weighted by Gasteiger charge is 2.03. The zero-order valence-electron chi connectivity index (χ0n) is 12.6. The minimum absolute atomic E-state index is 0. The Kier molecular flexibility index (Phi) is 11.2. The number of hydrogen-bond acceptors (Lipinski definition) is 2. The molecule has 1 unspecified atom stereocenters. The molecule has 1 aromatic carbocycles. The first-order valence-electron chi connectivity index (χ1n) is 7.00. The molecule has 4 nitrogen and oxygen atoms in total. The average Bonchev–Trinajstić information content (AvgIpc) is 2.43. The Hall–Kier alpha value is -0.980. The Balaban J connectivity index is 0.00000361. The molecule has 2 N–H and O–H groups in total. The number of aliphatic imine (C=N–C) groups is 1. The minimum Gasteiger partial charge on any atom is -0.489 e. The van der Waals surface area contributed by atoms with E-state index in [-0.39, 0.29) is 30.1 Å². The van der Waals surface area contributed by atoms with Crippen LogP contribution in [-0.4, -0.2) is 31.7 Å². The van der Waals surface area contributed by atoms with Gasteiger partial charge < -0.3 is 15.4 Å². The molecular weight excluding hydrogens is 365 g/mol. The van der Waals surface area contributed by atoms with Crippen LogP contribution in [0.15, 0.2) is 35.3 Å². The molecule has 1 rings (SSSR count). The van der Waals surface area contributed by atoms with E-state index in [0.717, 1.165) is 31.2 Å². The van der Waals surface area contributed by atoms with Gasteiger partial charge in [0.25, 0.3) is 0 Å². The van der Waals surface area contributed by atoms with Crippen molar-refractivity contribution in [2.75, 3.05) is 19.6 Å². The van der Waals surface area contributed by atoms with E-state index in [1.165, 1.54) is 0 Å². The van der Waals surface area contributed by atoms with E-state index in [1.54, 1.807) is 0 Å².